The maximum atomic E-state index is 5.14. The molecule has 1 aromatic rings. The van der Waals surface area contributed by atoms with Crippen molar-refractivity contribution in [2.75, 3.05) is 20.3 Å². The highest BCUT2D eigenvalue weighted by Crippen LogP contribution is 2.27. The van der Waals surface area contributed by atoms with Gasteiger partial charge in [0, 0.05) is 17.1 Å². The zero-order chi connectivity index (χ0) is 10.7. The van der Waals surface area contributed by atoms with Crippen LogP contribution in [0.15, 0.2) is 23.2 Å². The maximum absolute atomic E-state index is 5.14. The van der Waals surface area contributed by atoms with Crippen molar-refractivity contribution in [2.45, 2.75) is 23.1 Å². The van der Waals surface area contributed by atoms with Gasteiger partial charge < -0.3 is 10.1 Å². The molecule has 1 saturated heterocycles. The van der Waals surface area contributed by atoms with E-state index in [1.165, 1.54) is 4.90 Å². The summed E-state index contributed by atoms with van der Waals surface area (Å²) < 4.78 is 5.14. The standard InChI is InChI=1S/C11H16N2OS/c1-8(12-2)11-4-3-9(5-13-11)15-10-6-14-7-10/h3-5,8,10,12H,6-7H2,1-2H3. The molecule has 1 atom stereocenters. The number of rotatable bonds is 4. The lowest BCUT2D eigenvalue weighted by molar-refractivity contribution is 0.0455. The van der Waals surface area contributed by atoms with E-state index in [0.717, 1.165) is 18.9 Å². The summed E-state index contributed by atoms with van der Waals surface area (Å²) in [6, 6.07) is 4.54. The fourth-order valence-corrected chi connectivity index (χ4v) is 2.31. The quantitative estimate of drug-likeness (QED) is 0.846. The number of hydrogen-bond donors (Lipinski definition) is 1. The molecule has 1 aromatic heterocycles. The number of nitrogens with zero attached hydrogens (tertiary/aromatic N) is 1. The molecule has 1 aliphatic rings. The van der Waals surface area contributed by atoms with E-state index in [9.17, 15) is 0 Å². The van der Waals surface area contributed by atoms with Gasteiger partial charge in [0.15, 0.2) is 0 Å². The maximum Gasteiger partial charge on any atom is 0.0611 e. The molecule has 1 N–H and O–H groups in total. The van der Waals surface area contributed by atoms with E-state index in [4.69, 9.17) is 4.74 Å². The van der Waals surface area contributed by atoms with Crippen molar-refractivity contribution in [1.82, 2.24) is 10.3 Å². The van der Waals surface area contributed by atoms with Crippen molar-refractivity contribution in [3.8, 4) is 0 Å². The smallest absolute Gasteiger partial charge is 0.0611 e. The Labute approximate surface area is 94.6 Å². The van der Waals surface area contributed by atoms with Gasteiger partial charge in [-0.2, -0.15) is 0 Å². The molecule has 0 spiro atoms. The Balaban J connectivity index is 1.96. The Morgan fingerprint density at radius 1 is 1.53 bits per heavy atom. The van der Waals surface area contributed by atoms with Crippen LogP contribution in [-0.2, 0) is 4.74 Å². The summed E-state index contributed by atoms with van der Waals surface area (Å²) in [6.07, 6.45) is 1.95. The second kappa shape index (κ2) is 4.96. The van der Waals surface area contributed by atoms with Crippen LogP contribution >= 0.6 is 11.8 Å². The lowest BCUT2D eigenvalue weighted by atomic mass is 10.2. The van der Waals surface area contributed by atoms with E-state index in [1.54, 1.807) is 0 Å². The van der Waals surface area contributed by atoms with Crippen LogP contribution in [0.4, 0.5) is 0 Å². The fourth-order valence-electron chi connectivity index (χ4n) is 1.34. The second-order valence-electron chi connectivity index (χ2n) is 3.71. The van der Waals surface area contributed by atoms with Crippen LogP contribution in [0.3, 0.4) is 0 Å². The zero-order valence-corrected chi connectivity index (χ0v) is 9.88. The van der Waals surface area contributed by atoms with Gasteiger partial charge in [-0.3, -0.25) is 4.98 Å². The minimum Gasteiger partial charge on any atom is -0.379 e. The first-order chi connectivity index (χ1) is 7.29. The van der Waals surface area contributed by atoms with Gasteiger partial charge in [-0.15, -0.1) is 11.8 Å². The zero-order valence-electron chi connectivity index (χ0n) is 9.06. The number of thioether (sulfide) groups is 1. The number of aromatic nitrogens is 1. The van der Waals surface area contributed by atoms with Crippen molar-refractivity contribution >= 4 is 11.8 Å². The number of ether oxygens (including phenoxy) is 1. The molecular formula is C11H16N2OS. The molecule has 0 saturated carbocycles. The third kappa shape index (κ3) is 2.71. The van der Waals surface area contributed by atoms with Gasteiger partial charge >= 0.3 is 0 Å². The first-order valence-corrected chi connectivity index (χ1v) is 6.05. The Morgan fingerprint density at radius 2 is 2.33 bits per heavy atom. The highest BCUT2D eigenvalue weighted by Gasteiger charge is 2.19. The Kier molecular flexibility index (Phi) is 3.61. The summed E-state index contributed by atoms with van der Waals surface area (Å²) in [5.74, 6) is 0. The lowest BCUT2D eigenvalue weighted by Gasteiger charge is -2.25. The minimum atomic E-state index is 0.316. The van der Waals surface area contributed by atoms with Gasteiger partial charge in [0.25, 0.3) is 0 Å². The molecule has 0 aromatic carbocycles. The van der Waals surface area contributed by atoms with E-state index >= 15 is 0 Å². The first kappa shape index (κ1) is 10.9. The van der Waals surface area contributed by atoms with Crippen molar-refractivity contribution < 1.29 is 4.74 Å². The predicted octanol–water partition coefficient (Wildman–Crippen LogP) is 1.85. The lowest BCUT2D eigenvalue weighted by Crippen LogP contribution is -2.30. The first-order valence-electron chi connectivity index (χ1n) is 5.17. The van der Waals surface area contributed by atoms with Gasteiger partial charge in [0.1, 0.15) is 0 Å². The average Bonchev–Trinajstić information content (AvgIpc) is 2.23. The van der Waals surface area contributed by atoms with Crippen LogP contribution in [0.1, 0.15) is 18.7 Å². The number of hydrogen-bond acceptors (Lipinski definition) is 4. The fraction of sp³-hybridized carbons (Fsp3) is 0.545. The van der Waals surface area contributed by atoms with Gasteiger partial charge in [-0.05, 0) is 26.1 Å². The molecule has 15 heavy (non-hydrogen) atoms. The number of pyridine rings is 1. The normalized spacial score (nSPS) is 18.5. The Bertz CT molecular complexity index is 311. The average molecular weight is 224 g/mol. The van der Waals surface area contributed by atoms with E-state index in [1.807, 2.05) is 25.0 Å². The van der Waals surface area contributed by atoms with Crippen LogP contribution in [-0.4, -0.2) is 30.5 Å². The van der Waals surface area contributed by atoms with Crippen LogP contribution in [0, 0.1) is 0 Å². The van der Waals surface area contributed by atoms with Crippen LogP contribution in [0.25, 0.3) is 0 Å². The predicted molar refractivity (Wildman–Crippen MR) is 62.2 cm³/mol. The van der Waals surface area contributed by atoms with Gasteiger partial charge in [-0.1, -0.05) is 0 Å². The highest BCUT2D eigenvalue weighted by atomic mass is 32.2. The third-order valence-corrected chi connectivity index (χ3v) is 3.67. The van der Waals surface area contributed by atoms with Crippen LogP contribution < -0.4 is 5.32 Å². The van der Waals surface area contributed by atoms with E-state index < -0.39 is 0 Å². The van der Waals surface area contributed by atoms with E-state index in [-0.39, 0.29) is 0 Å². The van der Waals surface area contributed by atoms with Crippen molar-refractivity contribution in [3.63, 3.8) is 0 Å². The molecule has 4 heteroatoms. The molecule has 0 radical (unpaired) electrons. The van der Waals surface area contributed by atoms with E-state index in [2.05, 4.69) is 29.4 Å². The number of nitrogens with one attached hydrogen (secondary N) is 1. The molecule has 82 valence electrons. The summed E-state index contributed by atoms with van der Waals surface area (Å²) in [7, 11) is 1.95. The largest absolute Gasteiger partial charge is 0.379 e. The molecule has 1 aliphatic heterocycles. The van der Waals surface area contributed by atoms with Crippen molar-refractivity contribution in [1.29, 1.82) is 0 Å². The summed E-state index contributed by atoms with van der Waals surface area (Å²) >= 11 is 1.85. The monoisotopic (exact) mass is 224 g/mol. The molecule has 0 aliphatic carbocycles. The summed E-state index contributed by atoms with van der Waals surface area (Å²) in [6.45, 7) is 3.85. The van der Waals surface area contributed by atoms with Crippen molar-refractivity contribution in [2.24, 2.45) is 0 Å². The SMILES string of the molecule is CNC(C)c1ccc(SC2COC2)cn1. The summed E-state index contributed by atoms with van der Waals surface area (Å²) in [4.78, 5) is 5.67. The minimum absolute atomic E-state index is 0.316. The topological polar surface area (TPSA) is 34.1 Å². The van der Waals surface area contributed by atoms with Gasteiger partial charge in [-0.25, -0.2) is 0 Å². The van der Waals surface area contributed by atoms with E-state index in [0.29, 0.717) is 11.3 Å². The molecular weight excluding hydrogens is 208 g/mol. The molecule has 1 unspecified atom stereocenters. The van der Waals surface area contributed by atoms with Crippen molar-refractivity contribution in [3.05, 3.63) is 24.0 Å². The van der Waals surface area contributed by atoms with Crippen LogP contribution in [0.2, 0.25) is 0 Å². The highest BCUT2D eigenvalue weighted by molar-refractivity contribution is 8.00. The molecule has 3 nitrogen and oxygen atoms in total. The molecule has 1 fully saturated rings. The third-order valence-electron chi connectivity index (χ3n) is 2.55. The summed E-state index contributed by atoms with van der Waals surface area (Å²) in [5.41, 5.74) is 1.09. The Hall–Kier alpha value is -0.580. The van der Waals surface area contributed by atoms with Crippen LogP contribution in [0.5, 0.6) is 0 Å². The molecule has 2 rings (SSSR count). The van der Waals surface area contributed by atoms with Gasteiger partial charge in [0.2, 0.25) is 0 Å². The summed E-state index contributed by atoms with van der Waals surface area (Å²) in [5, 5.41) is 3.80. The second-order valence-corrected chi connectivity index (χ2v) is 5.08. The molecule has 2 heterocycles. The molecule has 0 amide bonds. The molecule has 0 bridgehead atoms. The Morgan fingerprint density at radius 3 is 2.80 bits per heavy atom. The van der Waals surface area contributed by atoms with Gasteiger partial charge in [0.05, 0.1) is 24.2 Å².